The molecule has 1 amide bonds. The van der Waals surface area contributed by atoms with Gasteiger partial charge in [0.15, 0.2) is 0 Å². The summed E-state index contributed by atoms with van der Waals surface area (Å²) in [6.45, 7) is 5.41. The highest BCUT2D eigenvalue weighted by atomic mass is 35.5. The third-order valence-corrected chi connectivity index (χ3v) is 3.55. The summed E-state index contributed by atoms with van der Waals surface area (Å²) in [6.07, 6.45) is -4.42. The molecule has 0 unspecified atom stereocenters. The van der Waals surface area contributed by atoms with Gasteiger partial charge in [-0.05, 0) is 25.5 Å². The standard InChI is InChI=1S/C16H23F3N2O2.ClH/c1-15(2,14(22)21-8-7-20-9-10-23-3)12-5-4-6-13(11-12)16(17,18)19;/h4-6,11,20H,7-10H2,1-3H3,(H,21,22);1H. The lowest BCUT2D eigenvalue weighted by atomic mass is 9.83. The molecular formula is C16H24ClF3N2O2. The lowest BCUT2D eigenvalue weighted by Gasteiger charge is -2.25. The van der Waals surface area contributed by atoms with Gasteiger partial charge in [0.25, 0.3) is 0 Å². The van der Waals surface area contributed by atoms with Crippen molar-refractivity contribution < 1.29 is 22.7 Å². The van der Waals surface area contributed by atoms with Gasteiger partial charge in [-0.2, -0.15) is 13.2 Å². The Kier molecular flexibility index (Phi) is 9.32. The number of halogens is 4. The zero-order valence-corrected chi connectivity index (χ0v) is 14.8. The quantitative estimate of drug-likeness (QED) is 0.694. The molecule has 1 aromatic carbocycles. The van der Waals surface area contributed by atoms with Gasteiger partial charge in [-0.1, -0.05) is 18.2 Å². The molecule has 0 aromatic heterocycles. The highest BCUT2D eigenvalue weighted by Gasteiger charge is 2.34. The number of ether oxygens (including phenoxy) is 1. The first-order chi connectivity index (χ1) is 10.7. The van der Waals surface area contributed by atoms with Crippen molar-refractivity contribution in [2.24, 2.45) is 0 Å². The van der Waals surface area contributed by atoms with E-state index in [2.05, 4.69) is 10.6 Å². The molecular weight excluding hydrogens is 345 g/mol. The van der Waals surface area contributed by atoms with Gasteiger partial charge in [-0.15, -0.1) is 12.4 Å². The van der Waals surface area contributed by atoms with Crippen LogP contribution >= 0.6 is 12.4 Å². The molecule has 0 saturated carbocycles. The summed E-state index contributed by atoms with van der Waals surface area (Å²) in [5.41, 5.74) is -1.47. The third-order valence-electron chi connectivity index (χ3n) is 3.55. The van der Waals surface area contributed by atoms with Gasteiger partial charge in [0.05, 0.1) is 17.6 Å². The van der Waals surface area contributed by atoms with E-state index in [0.717, 1.165) is 12.1 Å². The van der Waals surface area contributed by atoms with Gasteiger partial charge in [-0.3, -0.25) is 4.79 Å². The van der Waals surface area contributed by atoms with E-state index < -0.39 is 17.2 Å². The Morgan fingerprint density at radius 3 is 2.33 bits per heavy atom. The Bertz CT molecular complexity index is 522. The van der Waals surface area contributed by atoms with Crippen LogP contribution in [0, 0.1) is 0 Å². The van der Waals surface area contributed by atoms with Crippen LogP contribution in [0.4, 0.5) is 13.2 Å². The summed E-state index contributed by atoms with van der Waals surface area (Å²) >= 11 is 0. The number of benzene rings is 1. The molecule has 2 N–H and O–H groups in total. The Labute approximate surface area is 146 Å². The van der Waals surface area contributed by atoms with E-state index >= 15 is 0 Å². The number of hydrogen-bond acceptors (Lipinski definition) is 3. The van der Waals surface area contributed by atoms with E-state index in [1.54, 1.807) is 21.0 Å². The van der Waals surface area contributed by atoms with Crippen LogP contribution in [0.1, 0.15) is 25.0 Å². The van der Waals surface area contributed by atoms with Gasteiger partial charge in [-0.25, -0.2) is 0 Å². The van der Waals surface area contributed by atoms with Crippen molar-refractivity contribution >= 4 is 18.3 Å². The second-order valence-electron chi connectivity index (χ2n) is 5.70. The molecule has 138 valence electrons. The Balaban J connectivity index is 0.00000529. The molecule has 0 aliphatic heterocycles. The highest BCUT2D eigenvalue weighted by Crippen LogP contribution is 2.32. The number of rotatable bonds is 8. The fraction of sp³-hybridized carbons (Fsp3) is 0.562. The normalized spacial score (nSPS) is 11.8. The first-order valence-electron chi connectivity index (χ1n) is 7.35. The van der Waals surface area contributed by atoms with Gasteiger partial charge in [0, 0.05) is 26.7 Å². The maximum atomic E-state index is 12.8. The minimum Gasteiger partial charge on any atom is -0.383 e. The van der Waals surface area contributed by atoms with Crippen LogP contribution in [0.2, 0.25) is 0 Å². The number of alkyl halides is 3. The SMILES string of the molecule is COCCNCCNC(=O)C(C)(C)c1cccc(C(F)(F)F)c1.Cl. The average molecular weight is 369 g/mol. The molecule has 0 aliphatic rings. The third kappa shape index (κ3) is 6.67. The maximum absolute atomic E-state index is 12.8. The molecule has 0 aliphatic carbocycles. The molecule has 0 atom stereocenters. The first kappa shape index (κ1) is 22.7. The van der Waals surface area contributed by atoms with Crippen LogP contribution < -0.4 is 10.6 Å². The summed E-state index contributed by atoms with van der Waals surface area (Å²) in [6, 6.07) is 4.87. The minimum absolute atomic E-state index is 0. The van der Waals surface area contributed by atoms with Crippen LogP contribution in [-0.4, -0.2) is 39.3 Å². The van der Waals surface area contributed by atoms with Crippen LogP contribution in [0.25, 0.3) is 0 Å². The monoisotopic (exact) mass is 368 g/mol. The summed E-state index contributed by atoms with van der Waals surface area (Å²) < 4.78 is 43.2. The number of carbonyl (C=O) groups excluding carboxylic acids is 1. The molecule has 0 radical (unpaired) electrons. The van der Waals surface area contributed by atoms with Gasteiger partial charge >= 0.3 is 6.18 Å². The zero-order valence-electron chi connectivity index (χ0n) is 14.0. The molecule has 0 fully saturated rings. The van der Waals surface area contributed by atoms with Crippen LogP contribution in [-0.2, 0) is 21.1 Å². The van der Waals surface area contributed by atoms with E-state index in [0.29, 0.717) is 31.8 Å². The van der Waals surface area contributed by atoms with Crippen LogP contribution in [0.5, 0.6) is 0 Å². The van der Waals surface area contributed by atoms with Crippen molar-refractivity contribution in [2.45, 2.75) is 25.4 Å². The second-order valence-corrected chi connectivity index (χ2v) is 5.70. The van der Waals surface area contributed by atoms with Gasteiger partial charge in [0.1, 0.15) is 0 Å². The second kappa shape index (κ2) is 9.86. The molecule has 8 heteroatoms. The smallest absolute Gasteiger partial charge is 0.383 e. The zero-order chi connectivity index (χ0) is 17.5. The maximum Gasteiger partial charge on any atom is 0.416 e. The largest absolute Gasteiger partial charge is 0.416 e. The molecule has 24 heavy (non-hydrogen) atoms. The van der Waals surface area contributed by atoms with E-state index in [4.69, 9.17) is 4.74 Å². The average Bonchev–Trinajstić information content (AvgIpc) is 2.49. The van der Waals surface area contributed by atoms with Crippen molar-refractivity contribution in [3.63, 3.8) is 0 Å². The number of amides is 1. The van der Waals surface area contributed by atoms with Crippen molar-refractivity contribution in [3.05, 3.63) is 35.4 Å². The van der Waals surface area contributed by atoms with E-state index in [9.17, 15) is 18.0 Å². The Morgan fingerprint density at radius 2 is 1.75 bits per heavy atom. The van der Waals surface area contributed by atoms with Gasteiger partial charge in [0.2, 0.25) is 5.91 Å². The van der Waals surface area contributed by atoms with Crippen molar-refractivity contribution in [1.29, 1.82) is 0 Å². The number of hydrogen-bond donors (Lipinski definition) is 2. The lowest BCUT2D eigenvalue weighted by molar-refractivity contribution is -0.137. The fourth-order valence-corrected chi connectivity index (χ4v) is 2.00. The predicted octanol–water partition coefficient (Wildman–Crippen LogP) is 2.76. The summed E-state index contributed by atoms with van der Waals surface area (Å²) in [4.78, 5) is 12.3. The highest BCUT2D eigenvalue weighted by molar-refractivity contribution is 5.87. The summed E-state index contributed by atoms with van der Waals surface area (Å²) in [5.74, 6) is -0.314. The van der Waals surface area contributed by atoms with E-state index in [1.165, 1.54) is 12.1 Å². The van der Waals surface area contributed by atoms with E-state index in [1.807, 2.05) is 0 Å². The van der Waals surface area contributed by atoms with Crippen molar-refractivity contribution in [2.75, 3.05) is 33.4 Å². The molecule has 1 rings (SSSR count). The van der Waals surface area contributed by atoms with Crippen LogP contribution in [0.3, 0.4) is 0 Å². The molecule has 0 bridgehead atoms. The predicted molar refractivity (Wildman–Crippen MR) is 89.5 cm³/mol. The summed E-state index contributed by atoms with van der Waals surface area (Å²) in [7, 11) is 1.60. The number of carbonyl (C=O) groups is 1. The van der Waals surface area contributed by atoms with Gasteiger partial charge < -0.3 is 15.4 Å². The van der Waals surface area contributed by atoms with Crippen molar-refractivity contribution in [1.82, 2.24) is 10.6 Å². The molecule has 4 nitrogen and oxygen atoms in total. The summed E-state index contributed by atoms with van der Waals surface area (Å²) in [5, 5.41) is 5.81. The molecule has 0 saturated heterocycles. The van der Waals surface area contributed by atoms with Crippen molar-refractivity contribution in [3.8, 4) is 0 Å². The lowest BCUT2D eigenvalue weighted by Crippen LogP contribution is -2.43. The molecule has 0 spiro atoms. The van der Waals surface area contributed by atoms with E-state index in [-0.39, 0.29) is 18.3 Å². The number of nitrogens with one attached hydrogen (secondary N) is 2. The Hall–Kier alpha value is -1.31. The number of methoxy groups -OCH3 is 1. The molecule has 1 aromatic rings. The molecule has 0 heterocycles. The van der Waals surface area contributed by atoms with Crippen LogP contribution in [0.15, 0.2) is 24.3 Å². The first-order valence-corrected chi connectivity index (χ1v) is 7.35. The Morgan fingerprint density at radius 1 is 1.12 bits per heavy atom. The minimum atomic E-state index is -4.42. The fourth-order valence-electron chi connectivity index (χ4n) is 2.00. The topological polar surface area (TPSA) is 50.4 Å².